The Balaban J connectivity index is 1.75. The largest absolute Gasteiger partial charge is 0.424 e. The third kappa shape index (κ3) is 1.42. The minimum absolute atomic E-state index is 0.187. The van der Waals surface area contributed by atoms with Crippen LogP contribution in [0.2, 0.25) is 0 Å². The van der Waals surface area contributed by atoms with E-state index in [1.807, 2.05) is 25.1 Å². The highest BCUT2D eigenvalue weighted by Crippen LogP contribution is 2.62. The molecule has 2 fully saturated rings. The molecule has 0 aromatic heterocycles. The van der Waals surface area contributed by atoms with Crippen molar-refractivity contribution in [3.05, 3.63) is 30.3 Å². The molecular weight excluding hydrogens is 216 g/mol. The van der Waals surface area contributed by atoms with Crippen LogP contribution in [-0.2, 0) is 9.53 Å². The van der Waals surface area contributed by atoms with Gasteiger partial charge in [0.2, 0.25) is 0 Å². The zero-order valence-corrected chi connectivity index (χ0v) is 9.94. The Morgan fingerprint density at radius 2 is 2.06 bits per heavy atom. The van der Waals surface area contributed by atoms with Gasteiger partial charge < -0.3 is 9.47 Å². The first-order chi connectivity index (χ1) is 8.22. The summed E-state index contributed by atoms with van der Waals surface area (Å²) >= 11 is 0. The van der Waals surface area contributed by atoms with E-state index in [1.165, 1.54) is 0 Å². The summed E-state index contributed by atoms with van der Waals surface area (Å²) in [6.07, 6.45) is 3.83. The van der Waals surface area contributed by atoms with Crippen LogP contribution in [0.3, 0.4) is 0 Å². The smallest absolute Gasteiger partial charge is 0.346 e. The molecule has 0 bridgehead atoms. The number of esters is 1. The first-order valence-corrected chi connectivity index (χ1v) is 6.20. The van der Waals surface area contributed by atoms with E-state index in [0.29, 0.717) is 12.2 Å². The second-order valence-electron chi connectivity index (χ2n) is 4.83. The average Bonchev–Trinajstić information content (AvgIpc) is 3.01. The highest BCUT2D eigenvalue weighted by Gasteiger charge is 2.76. The molecule has 1 aliphatic heterocycles. The van der Waals surface area contributed by atoms with E-state index >= 15 is 0 Å². The first kappa shape index (κ1) is 10.8. The van der Waals surface area contributed by atoms with Crippen LogP contribution < -0.4 is 4.74 Å². The maximum atomic E-state index is 12.2. The van der Waals surface area contributed by atoms with Gasteiger partial charge in [-0.1, -0.05) is 25.1 Å². The Morgan fingerprint density at radius 3 is 2.53 bits per heavy atom. The number of benzene rings is 1. The van der Waals surface area contributed by atoms with Crippen molar-refractivity contribution >= 4 is 5.97 Å². The summed E-state index contributed by atoms with van der Waals surface area (Å²) in [5, 5.41) is 0. The molecular formula is C14H16O3. The lowest BCUT2D eigenvalue weighted by Gasteiger charge is -2.25. The van der Waals surface area contributed by atoms with Gasteiger partial charge in [0.15, 0.2) is 5.60 Å². The number of para-hydroxylation sites is 1. The number of hydrogen-bond acceptors (Lipinski definition) is 3. The van der Waals surface area contributed by atoms with Crippen molar-refractivity contribution in [1.29, 1.82) is 0 Å². The van der Waals surface area contributed by atoms with E-state index < -0.39 is 5.60 Å². The first-order valence-electron chi connectivity index (χ1n) is 6.20. The SMILES string of the molecule is CCC1(C(=O)Oc2ccccc2)OC12CCC2. The predicted octanol–water partition coefficient (Wildman–Crippen LogP) is 2.69. The Hall–Kier alpha value is -1.35. The summed E-state index contributed by atoms with van der Waals surface area (Å²) in [5.41, 5.74) is -0.852. The normalized spacial score (nSPS) is 28.5. The number of carbonyl (C=O) groups is 1. The summed E-state index contributed by atoms with van der Waals surface area (Å²) in [6.45, 7) is 1.99. The second-order valence-corrected chi connectivity index (χ2v) is 4.83. The summed E-state index contributed by atoms with van der Waals surface area (Å²) in [7, 11) is 0. The maximum absolute atomic E-state index is 12.2. The highest BCUT2D eigenvalue weighted by atomic mass is 16.7. The summed E-state index contributed by atoms with van der Waals surface area (Å²) in [4.78, 5) is 12.2. The molecule has 2 aliphatic rings. The standard InChI is InChI=1S/C14H16O3/c1-2-14(13(17-14)9-6-10-13)12(15)16-11-7-4-3-5-8-11/h3-5,7-8H,2,6,9-10H2,1H3. The topological polar surface area (TPSA) is 38.8 Å². The third-order valence-electron chi connectivity index (χ3n) is 4.01. The van der Waals surface area contributed by atoms with Gasteiger partial charge in [0.05, 0.1) is 0 Å². The highest BCUT2D eigenvalue weighted by molar-refractivity contribution is 5.87. The Morgan fingerprint density at radius 1 is 1.35 bits per heavy atom. The van der Waals surface area contributed by atoms with Gasteiger partial charge in [0.1, 0.15) is 11.4 Å². The molecule has 3 nitrogen and oxygen atoms in total. The Kier molecular flexibility index (Phi) is 2.26. The van der Waals surface area contributed by atoms with E-state index in [2.05, 4.69) is 0 Å². The molecule has 1 atom stereocenters. The molecule has 90 valence electrons. The molecule has 1 heterocycles. The summed E-state index contributed by atoms with van der Waals surface area (Å²) < 4.78 is 11.1. The van der Waals surface area contributed by atoms with E-state index in [0.717, 1.165) is 19.3 Å². The quantitative estimate of drug-likeness (QED) is 0.457. The van der Waals surface area contributed by atoms with Crippen LogP contribution in [0.4, 0.5) is 0 Å². The third-order valence-corrected chi connectivity index (χ3v) is 4.01. The van der Waals surface area contributed by atoms with Gasteiger partial charge in [0.25, 0.3) is 0 Å². The molecule has 3 heteroatoms. The van der Waals surface area contributed by atoms with Crippen LogP contribution in [0, 0.1) is 0 Å². The molecule has 1 aromatic rings. The molecule has 17 heavy (non-hydrogen) atoms. The van der Waals surface area contributed by atoms with Crippen LogP contribution in [0.15, 0.2) is 30.3 Å². The lowest BCUT2D eigenvalue weighted by Crippen LogP contribution is -2.40. The second kappa shape index (κ2) is 3.57. The van der Waals surface area contributed by atoms with E-state index in [9.17, 15) is 4.79 Å². The fraction of sp³-hybridized carbons (Fsp3) is 0.500. The van der Waals surface area contributed by atoms with E-state index in [4.69, 9.17) is 9.47 Å². The number of epoxide rings is 1. The zero-order valence-electron chi connectivity index (χ0n) is 9.94. The van der Waals surface area contributed by atoms with Crippen molar-refractivity contribution in [3.8, 4) is 5.75 Å². The van der Waals surface area contributed by atoms with Gasteiger partial charge in [-0.2, -0.15) is 0 Å². The molecule has 1 aromatic carbocycles. The molecule has 1 spiro atoms. The van der Waals surface area contributed by atoms with Crippen LogP contribution in [0.25, 0.3) is 0 Å². The molecule has 1 saturated carbocycles. The Bertz CT molecular complexity index is 436. The predicted molar refractivity (Wildman–Crippen MR) is 62.8 cm³/mol. The minimum atomic E-state index is -0.666. The van der Waals surface area contributed by atoms with Crippen molar-refractivity contribution in [2.45, 2.75) is 43.8 Å². The van der Waals surface area contributed by atoms with Gasteiger partial charge in [-0.25, -0.2) is 4.79 Å². The van der Waals surface area contributed by atoms with Gasteiger partial charge in [-0.05, 0) is 37.8 Å². The van der Waals surface area contributed by atoms with Crippen molar-refractivity contribution in [2.24, 2.45) is 0 Å². The van der Waals surface area contributed by atoms with Crippen molar-refractivity contribution in [3.63, 3.8) is 0 Å². The molecule has 1 unspecified atom stereocenters. The van der Waals surface area contributed by atoms with Crippen molar-refractivity contribution < 1.29 is 14.3 Å². The summed E-state index contributed by atoms with van der Waals surface area (Å²) in [5.74, 6) is 0.362. The fourth-order valence-corrected chi connectivity index (χ4v) is 2.76. The van der Waals surface area contributed by atoms with Gasteiger partial charge in [-0.3, -0.25) is 0 Å². The van der Waals surface area contributed by atoms with Crippen molar-refractivity contribution in [1.82, 2.24) is 0 Å². The molecule has 1 aliphatic carbocycles. The van der Waals surface area contributed by atoms with Gasteiger partial charge in [0, 0.05) is 0 Å². The van der Waals surface area contributed by atoms with E-state index in [1.54, 1.807) is 12.1 Å². The molecule has 3 rings (SSSR count). The zero-order chi connectivity index (χ0) is 11.9. The number of ether oxygens (including phenoxy) is 2. The van der Waals surface area contributed by atoms with Crippen molar-refractivity contribution in [2.75, 3.05) is 0 Å². The fourth-order valence-electron chi connectivity index (χ4n) is 2.76. The lowest BCUT2D eigenvalue weighted by atomic mass is 9.74. The van der Waals surface area contributed by atoms with Gasteiger partial charge in [-0.15, -0.1) is 0 Å². The van der Waals surface area contributed by atoms with Gasteiger partial charge >= 0.3 is 5.97 Å². The number of hydrogen-bond donors (Lipinski definition) is 0. The Labute approximate surface area is 101 Å². The molecule has 1 saturated heterocycles. The summed E-state index contributed by atoms with van der Waals surface area (Å²) in [6, 6.07) is 9.18. The lowest BCUT2D eigenvalue weighted by molar-refractivity contribution is -0.140. The average molecular weight is 232 g/mol. The van der Waals surface area contributed by atoms with Crippen LogP contribution in [0.1, 0.15) is 32.6 Å². The molecule has 0 radical (unpaired) electrons. The van der Waals surface area contributed by atoms with Crippen LogP contribution in [0.5, 0.6) is 5.75 Å². The maximum Gasteiger partial charge on any atom is 0.346 e. The monoisotopic (exact) mass is 232 g/mol. The molecule has 0 N–H and O–H groups in total. The van der Waals surface area contributed by atoms with Crippen LogP contribution in [-0.4, -0.2) is 17.2 Å². The molecule has 0 amide bonds. The minimum Gasteiger partial charge on any atom is -0.424 e. The number of rotatable bonds is 3. The van der Waals surface area contributed by atoms with Crippen LogP contribution >= 0.6 is 0 Å². The van der Waals surface area contributed by atoms with E-state index in [-0.39, 0.29) is 11.6 Å². The number of carbonyl (C=O) groups excluding carboxylic acids is 1.